The van der Waals surface area contributed by atoms with Crippen molar-refractivity contribution in [1.29, 1.82) is 0 Å². The summed E-state index contributed by atoms with van der Waals surface area (Å²) in [6, 6.07) is 3.53. The minimum absolute atomic E-state index is 0.168. The molecule has 0 aromatic heterocycles. The van der Waals surface area contributed by atoms with Crippen molar-refractivity contribution in [2.75, 3.05) is 26.2 Å². The highest BCUT2D eigenvalue weighted by Crippen LogP contribution is 2.40. The smallest absolute Gasteiger partial charge is 0.323 e. The number of likely N-dealkylation sites (tertiary alicyclic amines) is 2. The van der Waals surface area contributed by atoms with Gasteiger partial charge in [0.05, 0.1) is 5.56 Å². The molecule has 0 unspecified atom stereocenters. The zero-order valence-corrected chi connectivity index (χ0v) is 14.2. The molecule has 1 spiro atoms. The summed E-state index contributed by atoms with van der Waals surface area (Å²) in [5, 5.41) is 8.95. The first-order valence-corrected chi connectivity index (χ1v) is 8.54. The Labute approximate surface area is 149 Å². The fourth-order valence-electron chi connectivity index (χ4n) is 3.84. The number of carbonyl (C=O) groups is 3. The van der Waals surface area contributed by atoms with E-state index < -0.39 is 23.5 Å². The highest BCUT2D eigenvalue weighted by atomic mass is 19.2. The van der Waals surface area contributed by atoms with Crippen molar-refractivity contribution in [2.45, 2.75) is 25.7 Å². The highest BCUT2D eigenvalue weighted by molar-refractivity contribution is 5.94. The van der Waals surface area contributed by atoms with E-state index in [0.717, 1.165) is 6.07 Å². The fraction of sp³-hybridized carbons (Fsp3) is 0.500. The lowest BCUT2D eigenvalue weighted by molar-refractivity contribution is -0.149. The molecule has 8 heteroatoms. The molecule has 2 saturated heterocycles. The van der Waals surface area contributed by atoms with Gasteiger partial charge in [0.15, 0.2) is 11.6 Å². The van der Waals surface area contributed by atoms with E-state index in [1.54, 1.807) is 0 Å². The quantitative estimate of drug-likeness (QED) is 0.886. The first-order valence-electron chi connectivity index (χ1n) is 8.54. The van der Waals surface area contributed by atoms with E-state index in [9.17, 15) is 23.2 Å². The molecule has 1 aromatic carbocycles. The van der Waals surface area contributed by atoms with E-state index >= 15 is 0 Å². The Morgan fingerprint density at radius 3 is 2.50 bits per heavy atom. The Kier molecular flexibility index (Phi) is 4.93. The minimum Gasteiger partial charge on any atom is -0.480 e. The summed E-state index contributed by atoms with van der Waals surface area (Å²) in [6.45, 7) is 0.764. The number of carboxylic acids is 1. The van der Waals surface area contributed by atoms with Crippen molar-refractivity contribution in [1.82, 2.24) is 9.80 Å². The van der Waals surface area contributed by atoms with Gasteiger partial charge in [-0.25, -0.2) is 8.78 Å². The van der Waals surface area contributed by atoms with Gasteiger partial charge in [0, 0.05) is 26.1 Å². The molecule has 0 saturated carbocycles. The van der Waals surface area contributed by atoms with Crippen molar-refractivity contribution in [3.63, 3.8) is 0 Å². The van der Waals surface area contributed by atoms with Crippen molar-refractivity contribution in [3.8, 4) is 0 Å². The number of benzene rings is 1. The zero-order valence-electron chi connectivity index (χ0n) is 14.2. The normalized spacial score (nSPS) is 19.7. The van der Waals surface area contributed by atoms with Gasteiger partial charge < -0.3 is 14.9 Å². The third-order valence-corrected chi connectivity index (χ3v) is 5.37. The molecular formula is C18H20F2N2O4. The second kappa shape index (κ2) is 7.01. The molecule has 0 atom stereocenters. The lowest BCUT2D eigenvalue weighted by Gasteiger charge is -2.47. The van der Waals surface area contributed by atoms with Crippen molar-refractivity contribution in [3.05, 3.63) is 35.4 Å². The molecular weight excluding hydrogens is 346 g/mol. The molecule has 0 bridgehead atoms. The number of carbonyl (C=O) groups excluding carboxylic acids is 2. The fourth-order valence-corrected chi connectivity index (χ4v) is 3.84. The standard InChI is InChI=1S/C18H20F2N2O4/c19-13-3-1-2-12(16(13)20)17(26)21-8-6-18(7-9-21)5-4-14(23)22(11-18)10-15(24)25/h1-3H,4-11H2,(H,24,25). The number of carboxylic acid groups (broad SMARTS) is 1. The zero-order chi connectivity index (χ0) is 18.9. The molecule has 3 rings (SSSR count). The number of hydrogen-bond acceptors (Lipinski definition) is 3. The van der Waals surface area contributed by atoms with Gasteiger partial charge in [0.25, 0.3) is 5.91 Å². The number of nitrogens with zero attached hydrogens (tertiary/aromatic N) is 2. The third kappa shape index (κ3) is 3.54. The highest BCUT2D eigenvalue weighted by Gasteiger charge is 2.42. The monoisotopic (exact) mass is 366 g/mol. The molecule has 2 aliphatic heterocycles. The number of aliphatic carboxylic acids is 1. The molecule has 0 radical (unpaired) electrons. The maximum absolute atomic E-state index is 13.8. The number of piperidine rings is 2. The predicted molar refractivity (Wildman–Crippen MR) is 87.4 cm³/mol. The number of hydrogen-bond donors (Lipinski definition) is 1. The van der Waals surface area contributed by atoms with Crippen LogP contribution in [0.25, 0.3) is 0 Å². The van der Waals surface area contributed by atoms with Gasteiger partial charge in [0.2, 0.25) is 5.91 Å². The van der Waals surface area contributed by atoms with Crippen LogP contribution < -0.4 is 0 Å². The van der Waals surface area contributed by atoms with Crippen LogP contribution in [0.1, 0.15) is 36.0 Å². The minimum atomic E-state index is -1.14. The van der Waals surface area contributed by atoms with Crippen LogP contribution in [0.15, 0.2) is 18.2 Å². The van der Waals surface area contributed by atoms with E-state index in [2.05, 4.69) is 0 Å². The molecule has 6 nitrogen and oxygen atoms in total. The molecule has 2 amide bonds. The summed E-state index contributed by atoms with van der Waals surface area (Å²) in [6.07, 6.45) is 2.14. The predicted octanol–water partition coefficient (Wildman–Crippen LogP) is 1.89. The average Bonchev–Trinajstić information content (AvgIpc) is 2.60. The second-order valence-electron chi connectivity index (χ2n) is 7.04. The topological polar surface area (TPSA) is 77.9 Å². The van der Waals surface area contributed by atoms with Gasteiger partial charge in [-0.15, -0.1) is 0 Å². The first-order chi connectivity index (χ1) is 12.3. The van der Waals surface area contributed by atoms with Gasteiger partial charge in [0.1, 0.15) is 6.54 Å². The summed E-state index contributed by atoms with van der Waals surface area (Å²) in [5.74, 6) is -3.97. The summed E-state index contributed by atoms with van der Waals surface area (Å²) in [5.41, 5.74) is -0.507. The maximum atomic E-state index is 13.8. The Balaban J connectivity index is 1.67. The molecule has 2 heterocycles. The summed E-state index contributed by atoms with van der Waals surface area (Å²) in [7, 11) is 0. The van der Waals surface area contributed by atoms with Crippen LogP contribution in [0.3, 0.4) is 0 Å². The number of amides is 2. The van der Waals surface area contributed by atoms with Crippen LogP contribution in [0.5, 0.6) is 0 Å². The molecule has 1 N–H and O–H groups in total. The van der Waals surface area contributed by atoms with E-state index in [0.29, 0.717) is 45.3 Å². The van der Waals surface area contributed by atoms with Crippen molar-refractivity contribution >= 4 is 17.8 Å². The second-order valence-corrected chi connectivity index (χ2v) is 7.04. The van der Waals surface area contributed by atoms with Gasteiger partial charge in [-0.1, -0.05) is 6.07 Å². The van der Waals surface area contributed by atoms with Crippen LogP contribution in [0, 0.1) is 17.0 Å². The molecule has 1 aromatic rings. The Morgan fingerprint density at radius 1 is 1.15 bits per heavy atom. The molecule has 2 fully saturated rings. The lowest BCUT2D eigenvalue weighted by Crippen LogP contribution is -2.53. The van der Waals surface area contributed by atoms with E-state index in [-0.39, 0.29) is 23.4 Å². The summed E-state index contributed by atoms with van der Waals surface area (Å²) >= 11 is 0. The van der Waals surface area contributed by atoms with Gasteiger partial charge >= 0.3 is 5.97 Å². The molecule has 0 aliphatic carbocycles. The number of rotatable bonds is 3. The largest absolute Gasteiger partial charge is 0.480 e. The van der Waals surface area contributed by atoms with Gasteiger partial charge in [-0.05, 0) is 36.8 Å². The van der Waals surface area contributed by atoms with E-state index in [1.165, 1.54) is 21.9 Å². The summed E-state index contributed by atoms with van der Waals surface area (Å²) in [4.78, 5) is 38.2. The van der Waals surface area contributed by atoms with Crippen LogP contribution in [-0.2, 0) is 9.59 Å². The van der Waals surface area contributed by atoms with E-state index in [1.807, 2.05) is 0 Å². The van der Waals surface area contributed by atoms with Crippen LogP contribution >= 0.6 is 0 Å². The van der Waals surface area contributed by atoms with Crippen molar-refractivity contribution < 1.29 is 28.3 Å². The Bertz CT molecular complexity index is 745. The molecule has 26 heavy (non-hydrogen) atoms. The molecule has 140 valence electrons. The average molecular weight is 366 g/mol. The first kappa shape index (κ1) is 18.3. The van der Waals surface area contributed by atoms with Crippen LogP contribution in [-0.4, -0.2) is 58.9 Å². The third-order valence-electron chi connectivity index (χ3n) is 5.37. The number of halogens is 2. The van der Waals surface area contributed by atoms with Crippen LogP contribution in [0.4, 0.5) is 8.78 Å². The van der Waals surface area contributed by atoms with E-state index in [4.69, 9.17) is 5.11 Å². The molecule has 2 aliphatic rings. The van der Waals surface area contributed by atoms with Gasteiger partial charge in [-0.2, -0.15) is 0 Å². The Hall–Kier alpha value is -2.51. The van der Waals surface area contributed by atoms with Crippen LogP contribution in [0.2, 0.25) is 0 Å². The van der Waals surface area contributed by atoms with Gasteiger partial charge in [-0.3, -0.25) is 14.4 Å². The SMILES string of the molecule is O=C(O)CN1CC2(CCC1=O)CCN(C(=O)c1cccc(F)c1F)CC2. The lowest BCUT2D eigenvalue weighted by atomic mass is 9.72. The van der Waals surface area contributed by atoms with Crippen molar-refractivity contribution in [2.24, 2.45) is 5.41 Å². The Morgan fingerprint density at radius 2 is 1.85 bits per heavy atom. The summed E-state index contributed by atoms with van der Waals surface area (Å²) < 4.78 is 27.2. The maximum Gasteiger partial charge on any atom is 0.323 e.